The third-order valence-corrected chi connectivity index (χ3v) is 2.71. The number of aromatic nitrogens is 2. The molecular formula is C9H16ClN3O. The summed E-state index contributed by atoms with van der Waals surface area (Å²) in [5.74, 6) is 1.51. The molecule has 14 heavy (non-hydrogen) atoms. The monoisotopic (exact) mass is 217 g/mol. The van der Waals surface area contributed by atoms with Gasteiger partial charge >= 0.3 is 0 Å². The molecule has 1 atom stereocenters. The van der Waals surface area contributed by atoms with Crippen LogP contribution < -0.4 is 0 Å². The molecule has 5 heteroatoms. The van der Waals surface area contributed by atoms with E-state index in [9.17, 15) is 0 Å². The maximum atomic E-state index is 5.21. The first kappa shape index (κ1) is 11.5. The zero-order valence-electron chi connectivity index (χ0n) is 8.78. The van der Waals surface area contributed by atoms with Crippen molar-refractivity contribution in [1.29, 1.82) is 0 Å². The molecule has 1 aromatic heterocycles. The minimum Gasteiger partial charge on any atom is -0.339 e. The Labute approximate surface area is 90.1 Å². The Morgan fingerprint density at radius 1 is 1.50 bits per heavy atom. The van der Waals surface area contributed by atoms with Gasteiger partial charge in [-0.1, -0.05) is 5.16 Å². The van der Waals surface area contributed by atoms with Crippen molar-refractivity contribution in [2.45, 2.75) is 25.7 Å². The van der Waals surface area contributed by atoms with E-state index < -0.39 is 0 Å². The number of likely N-dealkylation sites (tertiary alicyclic amines) is 1. The van der Waals surface area contributed by atoms with Gasteiger partial charge in [-0.25, -0.2) is 0 Å². The number of likely N-dealkylation sites (N-methyl/N-ethyl adjacent to an activating group) is 1. The van der Waals surface area contributed by atoms with Gasteiger partial charge in [-0.2, -0.15) is 4.98 Å². The lowest BCUT2D eigenvalue weighted by atomic mass is 9.90. The van der Waals surface area contributed by atoms with Crippen LogP contribution in [0.25, 0.3) is 0 Å². The number of nitrogens with zero attached hydrogens (tertiary/aromatic N) is 3. The summed E-state index contributed by atoms with van der Waals surface area (Å²) in [5, 5.41) is 3.83. The zero-order valence-corrected chi connectivity index (χ0v) is 9.60. The Morgan fingerprint density at radius 2 is 2.21 bits per heavy atom. The quantitative estimate of drug-likeness (QED) is 0.713. The Kier molecular flexibility index (Phi) is 3.17. The summed E-state index contributed by atoms with van der Waals surface area (Å²) in [6, 6.07) is 0. The van der Waals surface area contributed by atoms with Gasteiger partial charge < -0.3 is 9.42 Å². The van der Waals surface area contributed by atoms with Crippen LogP contribution in [0.2, 0.25) is 0 Å². The molecule has 0 aliphatic carbocycles. The molecule has 2 rings (SSSR count). The topological polar surface area (TPSA) is 42.2 Å². The van der Waals surface area contributed by atoms with Crippen molar-refractivity contribution in [1.82, 2.24) is 15.0 Å². The molecule has 1 aromatic rings. The Balaban J connectivity index is 0.000000980. The van der Waals surface area contributed by atoms with Gasteiger partial charge in [0.15, 0.2) is 5.82 Å². The summed E-state index contributed by atoms with van der Waals surface area (Å²) in [4.78, 5) is 6.59. The van der Waals surface area contributed by atoms with Crippen molar-refractivity contribution in [2.24, 2.45) is 0 Å². The van der Waals surface area contributed by atoms with Crippen LogP contribution in [0.5, 0.6) is 0 Å². The van der Waals surface area contributed by atoms with Crippen molar-refractivity contribution in [3.63, 3.8) is 0 Å². The van der Waals surface area contributed by atoms with E-state index >= 15 is 0 Å². The van der Waals surface area contributed by atoms with Crippen molar-refractivity contribution < 1.29 is 4.52 Å². The molecule has 0 saturated carbocycles. The molecule has 80 valence electrons. The number of halogens is 1. The lowest BCUT2D eigenvalue weighted by Crippen LogP contribution is -2.26. The summed E-state index contributed by atoms with van der Waals surface area (Å²) in [6.07, 6.45) is 1.10. The van der Waals surface area contributed by atoms with Crippen molar-refractivity contribution in [3.8, 4) is 0 Å². The van der Waals surface area contributed by atoms with Crippen LogP contribution in [0.1, 0.15) is 25.1 Å². The predicted octanol–water partition coefficient (Wildman–Crippen LogP) is 1.39. The zero-order chi connectivity index (χ0) is 9.47. The SMILES string of the molecule is Cc1noc(C2(C)CCN(C)C2)n1.Cl. The average Bonchev–Trinajstić information content (AvgIpc) is 2.60. The maximum absolute atomic E-state index is 5.21. The van der Waals surface area contributed by atoms with Gasteiger partial charge in [-0.05, 0) is 33.9 Å². The lowest BCUT2D eigenvalue weighted by molar-refractivity contribution is 0.287. The van der Waals surface area contributed by atoms with Crippen LogP contribution in [0.15, 0.2) is 4.52 Å². The summed E-state index contributed by atoms with van der Waals surface area (Å²) in [6.45, 7) is 6.16. The molecule has 0 amide bonds. The van der Waals surface area contributed by atoms with Crippen LogP contribution in [0.4, 0.5) is 0 Å². The van der Waals surface area contributed by atoms with Gasteiger partial charge in [0, 0.05) is 6.54 Å². The second kappa shape index (κ2) is 3.87. The third kappa shape index (κ3) is 1.91. The number of aryl methyl sites for hydroxylation is 1. The molecule has 0 radical (unpaired) electrons. The van der Waals surface area contributed by atoms with E-state index in [2.05, 4.69) is 29.0 Å². The normalized spacial score (nSPS) is 27.6. The van der Waals surface area contributed by atoms with Gasteiger partial charge in [0.2, 0.25) is 5.89 Å². The Bertz CT molecular complexity index is 315. The molecule has 0 N–H and O–H groups in total. The fourth-order valence-corrected chi connectivity index (χ4v) is 1.91. The first-order chi connectivity index (χ1) is 6.10. The van der Waals surface area contributed by atoms with E-state index in [1.807, 2.05) is 6.92 Å². The molecule has 1 saturated heterocycles. The molecule has 1 unspecified atom stereocenters. The van der Waals surface area contributed by atoms with Crippen LogP contribution >= 0.6 is 12.4 Å². The summed E-state index contributed by atoms with van der Waals surface area (Å²) in [5.41, 5.74) is 0.0655. The van der Waals surface area contributed by atoms with Gasteiger partial charge in [-0.3, -0.25) is 0 Å². The molecule has 1 aliphatic heterocycles. The number of hydrogen-bond acceptors (Lipinski definition) is 4. The van der Waals surface area contributed by atoms with E-state index in [0.29, 0.717) is 0 Å². The van der Waals surface area contributed by atoms with Gasteiger partial charge in [0.1, 0.15) is 0 Å². The minimum atomic E-state index is 0. The van der Waals surface area contributed by atoms with Crippen LogP contribution in [-0.2, 0) is 5.41 Å². The number of rotatable bonds is 1. The highest BCUT2D eigenvalue weighted by molar-refractivity contribution is 5.85. The highest BCUT2D eigenvalue weighted by atomic mass is 35.5. The molecule has 1 aliphatic rings. The Morgan fingerprint density at radius 3 is 2.64 bits per heavy atom. The van der Waals surface area contributed by atoms with Crippen molar-refractivity contribution in [2.75, 3.05) is 20.1 Å². The fraction of sp³-hybridized carbons (Fsp3) is 0.778. The third-order valence-electron chi connectivity index (χ3n) is 2.71. The van der Waals surface area contributed by atoms with Crippen molar-refractivity contribution in [3.05, 3.63) is 11.7 Å². The van der Waals surface area contributed by atoms with Gasteiger partial charge in [0.05, 0.1) is 5.41 Å². The molecular weight excluding hydrogens is 202 g/mol. The second-order valence-corrected chi connectivity index (χ2v) is 4.20. The van der Waals surface area contributed by atoms with E-state index in [1.165, 1.54) is 0 Å². The lowest BCUT2D eigenvalue weighted by Gasteiger charge is -2.17. The van der Waals surface area contributed by atoms with Crippen molar-refractivity contribution >= 4 is 12.4 Å². The van der Waals surface area contributed by atoms with Crippen LogP contribution in [0, 0.1) is 6.92 Å². The predicted molar refractivity (Wildman–Crippen MR) is 55.7 cm³/mol. The largest absolute Gasteiger partial charge is 0.339 e. The van der Waals surface area contributed by atoms with E-state index in [-0.39, 0.29) is 17.8 Å². The standard InChI is InChI=1S/C9H15N3O.ClH/c1-7-10-8(13-11-7)9(2)4-5-12(3)6-9;/h4-6H2,1-3H3;1H. The molecule has 1 fully saturated rings. The highest BCUT2D eigenvalue weighted by Gasteiger charge is 2.38. The maximum Gasteiger partial charge on any atom is 0.233 e. The van der Waals surface area contributed by atoms with Gasteiger partial charge in [0.25, 0.3) is 0 Å². The number of hydrogen-bond donors (Lipinski definition) is 0. The van der Waals surface area contributed by atoms with E-state index in [1.54, 1.807) is 0 Å². The van der Waals surface area contributed by atoms with Gasteiger partial charge in [-0.15, -0.1) is 12.4 Å². The average molecular weight is 218 g/mol. The van der Waals surface area contributed by atoms with Crippen LogP contribution in [-0.4, -0.2) is 35.2 Å². The summed E-state index contributed by atoms with van der Waals surface area (Å²) < 4.78 is 5.21. The molecule has 0 spiro atoms. The second-order valence-electron chi connectivity index (χ2n) is 4.20. The fourth-order valence-electron chi connectivity index (χ4n) is 1.91. The highest BCUT2D eigenvalue weighted by Crippen LogP contribution is 2.31. The van der Waals surface area contributed by atoms with E-state index in [0.717, 1.165) is 31.2 Å². The Hall–Kier alpha value is -0.610. The summed E-state index contributed by atoms with van der Waals surface area (Å²) >= 11 is 0. The summed E-state index contributed by atoms with van der Waals surface area (Å²) in [7, 11) is 2.12. The molecule has 4 nitrogen and oxygen atoms in total. The first-order valence-corrected chi connectivity index (χ1v) is 4.59. The minimum absolute atomic E-state index is 0. The van der Waals surface area contributed by atoms with E-state index in [4.69, 9.17) is 4.52 Å². The smallest absolute Gasteiger partial charge is 0.233 e. The molecule has 2 heterocycles. The van der Waals surface area contributed by atoms with Crippen LogP contribution in [0.3, 0.4) is 0 Å². The molecule has 0 aromatic carbocycles. The molecule has 0 bridgehead atoms. The first-order valence-electron chi connectivity index (χ1n) is 4.59.